The monoisotopic (exact) mass is 335 g/mol. The molecule has 24 heavy (non-hydrogen) atoms. The second-order valence-electron chi connectivity index (χ2n) is 4.89. The van der Waals surface area contributed by atoms with Gasteiger partial charge in [0.1, 0.15) is 12.4 Å². The number of anilines is 1. The highest BCUT2D eigenvalue weighted by Crippen LogP contribution is 2.32. The van der Waals surface area contributed by atoms with Crippen LogP contribution in [0.25, 0.3) is 11.0 Å². The van der Waals surface area contributed by atoms with E-state index in [1.807, 2.05) is 0 Å². The van der Waals surface area contributed by atoms with E-state index in [-0.39, 0.29) is 40.4 Å². The normalized spacial score (nSPS) is 10.8. The Hall–Kier alpha value is -3.03. The first-order chi connectivity index (χ1) is 11.5. The number of hydrogen-bond donors (Lipinski definition) is 1. The highest BCUT2D eigenvalue weighted by atomic mass is 19.2. The number of fused-ring (bicyclic) bond motifs is 1. The molecule has 0 aliphatic carbocycles. The molecule has 0 fully saturated rings. The molecule has 8 heteroatoms. The fraction of sp³-hybridized carbons (Fsp3) is 0.125. The lowest BCUT2D eigenvalue weighted by molar-refractivity contribution is 0.278. The number of rotatable bonds is 4. The number of nitrogens with two attached hydrogens (primary N) is 1. The molecule has 0 spiro atoms. The van der Waals surface area contributed by atoms with E-state index >= 15 is 0 Å². The Bertz CT molecular complexity index is 919. The van der Waals surface area contributed by atoms with Gasteiger partial charge in [-0.2, -0.15) is 0 Å². The highest BCUT2D eigenvalue weighted by molar-refractivity contribution is 5.77. The third-order valence-corrected chi connectivity index (χ3v) is 3.41. The number of ether oxygens (including phenoxy) is 2. The molecule has 2 N–H and O–H groups in total. The van der Waals surface area contributed by atoms with E-state index in [4.69, 9.17) is 15.2 Å². The van der Waals surface area contributed by atoms with Crippen molar-refractivity contribution >= 4 is 16.7 Å². The number of nitrogen functional groups attached to an aromatic ring is 1. The summed E-state index contributed by atoms with van der Waals surface area (Å²) in [5.41, 5.74) is 5.59. The third-order valence-electron chi connectivity index (χ3n) is 3.41. The molecule has 2 aromatic carbocycles. The van der Waals surface area contributed by atoms with Crippen molar-refractivity contribution in [2.45, 2.75) is 6.61 Å². The quantitative estimate of drug-likeness (QED) is 0.741. The van der Waals surface area contributed by atoms with Crippen molar-refractivity contribution in [3.8, 4) is 11.5 Å². The third kappa shape index (κ3) is 2.78. The Morgan fingerprint density at radius 2 is 1.75 bits per heavy atom. The second kappa shape index (κ2) is 6.23. The molecule has 0 atom stereocenters. The van der Waals surface area contributed by atoms with Gasteiger partial charge >= 0.3 is 0 Å². The summed E-state index contributed by atoms with van der Waals surface area (Å²) >= 11 is 0. The number of halogens is 3. The lowest BCUT2D eigenvalue weighted by Crippen LogP contribution is -2.05. The van der Waals surface area contributed by atoms with Crippen LogP contribution in [-0.2, 0) is 6.61 Å². The summed E-state index contributed by atoms with van der Waals surface area (Å²) in [7, 11) is 1.32. The van der Waals surface area contributed by atoms with E-state index in [2.05, 4.69) is 9.97 Å². The molecular formula is C16H12F3N3O2. The molecule has 5 nitrogen and oxygen atoms in total. The van der Waals surface area contributed by atoms with Gasteiger partial charge in [-0.1, -0.05) is 0 Å². The van der Waals surface area contributed by atoms with Crippen LogP contribution in [0.15, 0.2) is 30.6 Å². The van der Waals surface area contributed by atoms with Crippen molar-refractivity contribution in [2.24, 2.45) is 0 Å². The van der Waals surface area contributed by atoms with Gasteiger partial charge in [0.2, 0.25) is 0 Å². The Labute approximate surface area is 134 Å². The van der Waals surface area contributed by atoms with Crippen LogP contribution < -0.4 is 15.2 Å². The van der Waals surface area contributed by atoms with Crippen LogP contribution in [0.1, 0.15) is 5.56 Å². The standard InChI is InChI=1S/C16H12F3N3O2/c1-23-13-5-9(17)11(20)6-14(13)24-7-8-15(19)10(18)4-12-16(8)22-3-2-21-12/h2-6H,7,20H2,1H3. The summed E-state index contributed by atoms with van der Waals surface area (Å²) in [4.78, 5) is 7.94. The minimum atomic E-state index is -1.09. The molecule has 0 saturated carbocycles. The van der Waals surface area contributed by atoms with E-state index in [1.54, 1.807) is 0 Å². The first kappa shape index (κ1) is 15.9. The number of aromatic nitrogens is 2. The predicted octanol–water partition coefficient (Wildman–Crippen LogP) is 3.22. The van der Waals surface area contributed by atoms with E-state index in [9.17, 15) is 13.2 Å². The van der Waals surface area contributed by atoms with E-state index in [0.29, 0.717) is 0 Å². The zero-order valence-corrected chi connectivity index (χ0v) is 12.5. The summed E-state index contributed by atoms with van der Waals surface area (Å²) in [5.74, 6) is -2.65. The molecule has 0 saturated heterocycles. The van der Waals surface area contributed by atoms with E-state index < -0.39 is 17.5 Å². The first-order valence-corrected chi connectivity index (χ1v) is 6.84. The number of hydrogen-bond acceptors (Lipinski definition) is 5. The second-order valence-corrected chi connectivity index (χ2v) is 4.89. The molecule has 0 aliphatic heterocycles. The number of methoxy groups -OCH3 is 1. The van der Waals surface area contributed by atoms with Gasteiger partial charge in [0.05, 0.1) is 29.4 Å². The molecule has 3 rings (SSSR count). The molecule has 0 amide bonds. The van der Waals surface area contributed by atoms with Gasteiger partial charge in [-0.15, -0.1) is 0 Å². The fourth-order valence-electron chi connectivity index (χ4n) is 2.22. The highest BCUT2D eigenvalue weighted by Gasteiger charge is 2.17. The topological polar surface area (TPSA) is 70.3 Å². The minimum absolute atomic E-state index is 0.0777. The zero-order valence-electron chi connectivity index (χ0n) is 12.5. The molecule has 0 bridgehead atoms. The Balaban J connectivity index is 2.00. The van der Waals surface area contributed by atoms with Crippen LogP contribution in [0.3, 0.4) is 0 Å². The van der Waals surface area contributed by atoms with Crippen molar-refractivity contribution in [3.05, 3.63) is 53.6 Å². The van der Waals surface area contributed by atoms with Crippen LogP contribution in [0.5, 0.6) is 11.5 Å². The molecule has 3 aromatic rings. The van der Waals surface area contributed by atoms with Crippen molar-refractivity contribution in [3.63, 3.8) is 0 Å². The fourth-order valence-corrected chi connectivity index (χ4v) is 2.22. The molecule has 0 aliphatic rings. The van der Waals surface area contributed by atoms with Gasteiger partial charge in [0, 0.05) is 30.6 Å². The largest absolute Gasteiger partial charge is 0.493 e. The minimum Gasteiger partial charge on any atom is -0.493 e. The van der Waals surface area contributed by atoms with Crippen LogP contribution in [0, 0.1) is 17.5 Å². The molecule has 1 heterocycles. The maximum Gasteiger partial charge on any atom is 0.167 e. The lowest BCUT2D eigenvalue weighted by Gasteiger charge is -2.13. The van der Waals surface area contributed by atoms with Crippen molar-refractivity contribution in [2.75, 3.05) is 12.8 Å². The van der Waals surface area contributed by atoms with Gasteiger partial charge in [-0.05, 0) is 0 Å². The number of benzene rings is 2. The predicted molar refractivity (Wildman–Crippen MR) is 81.2 cm³/mol. The summed E-state index contributed by atoms with van der Waals surface area (Å²) in [6.45, 7) is -0.361. The zero-order chi connectivity index (χ0) is 17.3. The van der Waals surface area contributed by atoms with Crippen LogP contribution in [0.2, 0.25) is 0 Å². The maximum absolute atomic E-state index is 14.1. The first-order valence-electron chi connectivity index (χ1n) is 6.84. The van der Waals surface area contributed by atoms with Gasteiger partial charge in [-0.3, -0.25) is 9.97 Å². The number of nitrogens with zero attached hydrogens (tertiary/aromatic N) is 2. The molecule has 0 unspecified atom stereocenters. The van der Waals surface area contributed by atoms with Crippen LogP contribution in [-0.4, -0.2) is 17.1 Å². The summed E-state index contributed by atoms with van der Waals surface area (Å²) in [6.07, 6.45) is 2.73. The Morgan fingerprint density at radius 1 is 1.00 bits per heavy atom. The summed E-state index contributed by atoms with van der Waals surface area (Å²) in [6, 6.07) is 3.21. The Morgan fingerprint density at radius 3 is 2.50 bits per heavy atom. The van der Waals surface area contributed by atoms with Crippen LogP contribution in [0.4, 0.5) is 18.9 Å². The van der Waals surface area contributed by atoms with Gasteiger partial charge in [-0.25, -0.2) is 13.2 Å². The Kier molecular flexibility index (Phi) is 4.11. The van der Waals surface area contributed by atoms with E-state index in [0.717, 1.165) is 12.1 Å². The molecular weight excluding hydrogens is 323 g/mol. The summed E-state index contributed by atoms with van der Waals surface area (Å²) < 4.78 is 51.7. The van der Waals surface area contributed by atoms with Crippen molar-refractivity contribution < 1.29 is 22.6 Å². The van der Waals surface area contributed by atoms with Crippen molar-refractivity contribution in [1.82, 2.24) is 9.97 Å². The van der Waals surface area contributed by atoms with E-state index in [1.165, 1.54) is 25.6 Å². The van der Waals surface area contributed by atoms with Gasteiger partial charge in [0.15, 0.2) is 23.1 Å². The lowest BCUT2D eigenvalue weighted by atomic mass is 10.1. The molecule has 1 aromatic heterocycles. The maximum atomic E-state index is 14.1. The van der Waals surface area contributed by atoms with Gasteiger partial charge < -0.3 is 15.2 Å². The molecule has 0 radical (unpaired) electrons. The average Bonchev–Trinajstić information content (AvgIpc) is 2.58. The smallest absolute Gasteiger partial charge is 0.167 e. The van der Waals surface area contributed by atoms with Gasteiger partial charge in [0.25, 0.3) is 0 Å². The van der Waals surface area contributed by atoms with Crippen molar-refractivity contribution in [1.29, 1.82) is 0 Å². The summed E-state index contributed by atoms with van der Waals surface area (Å²) in [5, 5.41) is 0. The van der Waals surface area contributed by atoms with Crippen LogP contribution >= 0.6 is 0 Å². The average molecular weight is 335 g/mol. The SMILES string of the molecule is COc1cc(F)c(N)cc1OCc1c(F)c(F)cc2nccnc12. The molecule has 124 valence electrons.